The second-order valence-electron chi connectivity index (χ2n) is 4.06. The second kappa shape index (κ2) is 6.98. The maximum absolute atomic E-state index is 12.0. The molecule has 1 unspecified atom stereocenters. The predicted molar refractivity (Wildman–Crippen MR) is 64.7 cm³/mol. The molecule has 1 aromatic rings. The summed E-state index contributed by atoms with van der Waals surface area (Å²) in [5.41, 5.74) is 0.667. The van der Waals surface area contributed by atoms with E-state index in [1.54, 1.807) is 26.1 Å². The van der Waals surface area contributed by atoms with E-state index in [0.29, 0.717) is 12.2 Å². The number of carbonyl (C=O) groups excluding carboxylic acids is 1. The van der Waals surface area contributed by atoms with Crippen molar-refractivity contribution in [2.45, 2.75) is 6.92 Å². The minimum absolute atomic E-state index is 0. The number of likely N-dealkylation sites (N-methyl/N-ethyl adjacent to an activating group) is 1. The average Bonchev–Trinajstić information content (AvgIpc) is 2.29. The molecule has 0 heterocycles. The number of hydrogen-bond acceptors (Lipinski definition) is 2. The Morgan fingerprint density at radius 3 is 2.28 bits per heavy atom. The Labute approximate surface area is 112 Å². The van der Waals surface area contributed by atoms with Crippen LogP contribution in [0.3, 0.4) is 0 Å². The van der Waals surface area contributed by atoms with Crippen LogP contribution in [0.4, 0.5) is 10.5 Å². The molecule has 0 saturated carbocycles. The second-order valence-corrected chi connectivity index (χ2v) is 4.06. The van der Waals surface area contributed by atoms with Crippen LogP contribution in [0.1, 0.15) is 6.92 Å². The largest absolute Gasteiger partial charge is 1.00 e. The Kier molecular flexibility index (Phi) is 6.36. The van der Waals surface area contributed by atoms with Crippen LogP contribution in [0.2, 0.25) is 0 Å². The molecule has 100 valence electrons. The number of amides is 2. The molecule has 0 fully saturated rings. The zero-order valence-electron chi connectivity index (χ0n) is 10.4. The van der Waals surface area contributed by atoms with Crippen molar-refractivity contribution >= 4 is 17.7 Å². The molecule has 0 saturated heterocycles. The van der Waals surface area contributed by atoms with E-state index in [2.05, 4.69) is 5.32 Å². The smallest absolute Gasteiger partial charge is 0.421 e. The number of urea groups is 1. The summed E-state index contributed by atoms with van der Waals surface area (Å²) in [7, 11) is 1.60. The van der Waals surface area contributed by atoms with Crippen molar-refractivity contribution < 1.29 is 31.6 Å². The first kappa shape index (κ1) is 16.4. The van der Waals surface area contributed by atoms with Crippen molar-refractivity contribution in [1.29, 1.82) is 0 Å². The van der Waals surface area contributed by atoms with Crippen molar-refractivity contribution in [2.75, 3.05) is 25.5 Å². The molecular weight excluding hydrogens is 256 g/mol. The summed E-state index contributed by atoms with van der Waals surface area (Å²) < 4.78 is -0.176. The number of anilines is 1. The van der Waals surface area contributed by atoms with Gasteiger partial charge in [0.05, 0.1) is 13.6 Å². The summed E-state index contributed by atoms with van der Waals surface area (Å²) in [4.78, 5) is 22.7. The predicted octanol–water partition coefficient (Wildman–Crippen LogP) is -1.23. The zero-order valence-corrected chi connectivity index (χ0v) is 11.1. The highest BCUT2D eigenvalue weighted by Crippen LogP contribution is 2.10. The standard InChI is InChI=1S/C12H16N2O3.ClH/c1-3-14(2,9-11(15)16)12(17)13-10-7-5-4-6-8-10;/h4-8H,3,9H2,1-2H3,(H-,13,15,16,17);1H. The molecule has 0 bridgehead atoms. The topological polar surface area (TPSA) is 66.4 Å². The summed E-state index contributed by atoms with van der Waals surface area (Å²) in [6.45, 7) is 1.98. The maximum atomic E-state index is 12.0. The number of carboxylic acids is 1. The molecule has 5 nitrogen and oxygen atoms in total. The molecule has 6 heteroatoms. The van der Waals surface area contributed by atoms with E-state index in [1.165, 1.54) is 0 Å². The minimum Gasteiger partial charge on any atom is -1.00 e. The number of aliphatic carboxylic acids is 1. The molecule has 18 heavy (non-hydrogen) atoms. The quantitative estimate of drug-likeness (QED) is 0.675. The highest BCUT2D eigenvalue weighted by Gasteiger charge is 2.32. The highest BCUT2D eigenvalue weighted by molar-refractivity contribution is 5.85. The fourth-order valence-electron chi connectivity index (χ4n) is 1.41. The van der Waals surface area contributed by atoms with Gasteiger partial charge >= 0.3 is 12.0 Å². The molecule has 0 spiro atoms. The van der Waals surface area contributed by atoms with Crippen LogP contribution < -0.4 is 17.7 Å². The number of nitrogens with one attached hydrogen (secondary N) is 1. The molecule has 0 aliphatic carbocycles. The van der Waals surface area contributed by atoms with E-state index in [0.717, 1.165) is 0 Å². The normalized spacial score (nSPS) is 13.0. The third kappa shape index (κ3) is 4.35. The summed E-state index contributed by atoms with van der Waals surface area (Å²) in [6.07, 6.45) is 0. The number of hydrogen-bond donors (Lipinski definition) is 2. The number of para-hydroxylation sites is 1. The van der Waals surface area contributed by atoms with Crippen molar-refractivity contribution in [3.05, 3.63) is 30.3 Å². The van der Waals surface area contributed by atoms with Crippen LogP contribution >= 0.6 is 0 Å². The third-order valence-corrected chi connectivity index (χ3v) is 2.70. The SMILES string of the molecule is CC[N+](C)(CC(=O)O)C(=O)Nc1ccccc1.[Cl-]. The highest BCUT2D eigenvalue weighted by atomic mass is 35.5. The molecule has 0 aliphatic rings. The van der Waals surface area contributed by atoms with Crippen LogP contribution in [0.15, 0.2) is 30.3 Å². The Morgan fingerprint density at radius 1 is 1.28 bits per heavy atom. The van der Waals surface area contributed by atoms with Crippen LogP contribution in [-0.4, -0.2) is 41.7 Å². The van der Waals surface area contributed by atoms with Gasteiger partial charge in [0.1, 0.15) is 0 Å². The molecule has 2 amide bonds. The average molecular weight is 273 g/mol. The number of nitrogens with zero attached hydrogens (tertiary/aromatic N) is 1. The Hall–Kier alpha value is -1.59. The fourth-order valence-corrected chi connectivity index (χ4v) is 1.41. The van der Waals surface area contributed by atoms with Gasteiger partial charge in [-0.1, -0.05) is 18.2 Å². The number of carbonyl (C=O) groups is 2. The lowest BCUT2D eigenvalue weighted by atomic mass is 10.3. The van der Waals surface area contributed by atoms with Gasteiger partial charge < -0.3 is 17.5 Å². The molecular formula is C12H17ClN2O3. The van der Waals surface area contributed by atoms with Gasteiger partial charge in [-0.05, 0) is 19.1 Å². The van der Waals surface area contributed by atoms with E-state index in [4.69, 9.17) is 5.11 Å². The minimum atomic E-state index is -0.988. The van der Waals surface area contributed by atoms with Crippen molar-refractivity contribution in [3.63, 3.8) is 0 Å². The van der Waals surface area contributed by atoms with E-state index in [9.17, 15) is 9.59 Å². The number of quaternary nitrogens is 1. The van der Waals surface area contributed by atoms with E-state index >= 15 is 0 Å². The Morgan fingerprint density at radius 2 is 1.83 bits per heavy atom. The lowest BCUT2D eigenvalue weighted by molar-refractivity contribution is -0.818. The molecule has 0 radical (unpaired) electrons. The number of halogens is 1. The lowest BCUT2D eigenvalue weighted by Gasteiger charge is -2.28. The number of rotatable bonds is 4. The first-order valence-corrected chi connectivity index (χ1v) is 5.41. The molecule has 1 rings (SSSR count). The van der Waals surface area contributed by atoms with Gasteiger partial charge in [-0.15, -0.1) is 0 Å². The van der Waals surface area contributed by atoms with Crippen LogP contribution in [0, 0.1) is 0 Å². The van der Waals surface area contributed by atoms with Crippen LogP contribution in [-0.2, 0) is 4.79 Å². The first-order valence-electron chi connectivity index (χ1n) is 5.41. The summed E-state index contributed by atoms with van der Waals surface area (Å²) in [5.74, 6) is -0.988. The van der Waals surface area contributed by atoms with Gasteiger partial charge in [-0.25, -0.2) is 14.1 Å². The molecule has 1 atom stereocenters. The third-order valence-electron chi connectivity index (χ3n) is 2.70. The Bertz CT molecular complexity index is 411. The van der Waals surface area contributed by atoms with Crippen molar-refractivity contribution in [2.24, 2.45) is 0 Å². The monoisotopic (exact) mass is 272 g/mol. The molecule has 2 N–H and O–H groups in total. The van der Waals surface area contributed by atoms with E-state index < -0.39 is 5.97 Å². The van der Waals surface area contributed by atoms with Crippen LogP contribution in [0.5, 0.6) is 0 Å². The van der Waals surface area contributed by atoms with Gasteiger partial charge in [-0.2, -0.15) is 0 Å². The zero-order chi connectivity index (χ0) is 12.9. The molecule has 0 aliphatic heterocycles. The molecule has 0 aromatic heterocycles. The number of carboxylic acid groups (broad SMARTS) is 1. The van der Waals surface area contributed by atoms with Gasteiger partial charge in [0, 0.05) is 5.69 Å². The first-order chi connectivity index (χ1) is 7.98. The van der Waals surface area contributed by atoms with Gasteiger partial charge in [0.25, 0.3) is 0 Å². The van der Waals surface area contributed by atoms with E-state index in [1.807, 2.05) is 18.2 Å². The lowest BCUT2D eigenvalue weighted by Crippen LogP contribution is -3.00. The summed E-state index contributed by atoms with van der Waals surface area (Å²) >= 11 is 0. The van der Waals surface area contributed by atoms with Crippen molar-refractivity contribution in [1.82, 2.24) is 0 Å². The summed E-state index contributed by atoms with van der Waals surface area (Å²) in [5, 5.41) is 11.5. The number of benzene rings is 1. The van der Waals surface area contributed by atoms with Gasteiger partial charge in [0.2, 0.25) is 0 Å². The van der Waals surface area contributed by atoms with Gasteiger partial charge in [-0.3, -0.25) is 5.32 Å². The van der Waals surface area contributed by atoms with Crippen molar-refractivity contribution in [3.8, 4) is 0 Å². The summed E-state index contributed by atoms with van der Waals surface area (Å²) in [6, 6.07) is 8.67. The Balaban J connectivity index is 0.00000289. The molecule has 1 aromatic carbocycles. The van der Waals surface area contributed by atoms with E-state index in [-0.39, 0.29) is 29.5 Å². The van der Waals surface area contributed by atoms with Crippen LogP contribution in [0.25, 0.3) is 0 Å². The fraction of sp³-hybridized carbons (Fsp3) is 0.333. The maximum Gasteiger partial charge on any atom is 0.421 e. The van der Waals surface area contributed by atoms with Gasteiger partial charge in [0.15, 0.2) is 6.54 Å².